The molecule has 1 aromatic heterocycles. The first-order chi connectivity index (χ1) is 12.7. The number of aromatic amines is 1. The van der Waals surface area contributed by atoms with E-state index in [2.05, 4.69) is 21.1 Å². The van der Waals surface area contributed by atoms with Crippen LogP contribution in [-0.4, -0.2) is 41.1 Å². The second-order valence-corrected chi connectivity index (χ2v) is 6.23. The molecular weight excluding hydrogens is 328 g/mol. The number of aromatic nitrogens is 2. The van der Waals surface area contributed by atoms with E-state index in [0.717, 1.165) is 46.7 Å². The van der Waals surface area contributed by atoms with Crippen LogP contribution in [0.15, 0.2) is 35.4 Å². The van der Waals surface area contributed by atoms with Crippen LogP contribution in [-0.2, 0) is 6.54 Å². The third-order valence-electron chi connectivity index (χ3n) is 4.51. The molecule has 0 atom stereocenters. The average Bonchev–Trinajstić information content (AvgIpc) is 3.30. The lowest BCUT2D eigenvalue weighted by molar-refractivity contribution is 0.302. The van der Waals surface area contributed by atoms with Crippen molar-refractivity contribution >= 4 is 29.1 Å². The summed E-state index contributed by atoms with van der Waals surface area (Å²) in [6.07, 6.45) is 4.15. The van der Waals surface area contributed by atoms with Crippen LogP contribution < -0.4 is 10.5 Å². The molecule has 132 valence electrons. The van der Waals surface area contributed by atoms with E-state index in [1.54, 1.807) is 13.2 Å². The summed E-state index contributed by atoms with van der Waals surface area (Å²) in [6.45, 7) is 1.61. The van der Waals surface area contributed by atoms with Crippen molar-refractivity contribution in [2.45, 2.75) is 13.0 Å². The van der Waals surface area contributed by atoms with Crippen LogP contribution in [0.3, 0.4) is 0 Å². The molecule has 2 aromatic carbocycles. The fourth-order valence-corrected chi connectivity index (χ4v) is 3.16. The summed E-state index contributed by atoms with van der Waals surface area (Å²) in [4.78, 5) is 7.97. The van der Waals surface area contributed by atoms with Crippen molar-refractivity contribution < 1.29 is 4.74 Å². The van der Waals surface area contributed by atoms with Crippen LogP contribution in [0.1, 0.15) is 17.5 Å². The third kappa shape index (κ3) is 2.88. The van der Waals surface area contributed by atoms with Gasteiger partial charge in [0.15, 0.2) is 0 Å². The molecule has 0 aliphatic carbocycles. The number of hydrogen-bond acceptors (Lipinski definition) is 6. The van der Waals surface area contributed by atoms with Gasteiger partial charge in [-0.25, -0.2) is 4.98 Å². The van der Waals surface area contributed by atoms with E-state index < -0.39 is 0 Å². The van der Waals surface area contributed by atoms with Gasteiger partial charge in [-0.05, 0) is 30.3 Å². The predicted octanol–water partition coefficient (Wildman–Crippen LogP) is 3.01. The van der Waals surface area contributed by atoms with Crippen LogP contribution in [0.5, 0.6) is 5.75 Å². The fourth-order valence-electron chi connectivity index (χ4n) is 3.16. The van der Waals surface area contributed by atoms with Crippen LogP contribution >= 0.6 is 0 Å². The molecule has 0 bridgehead atoms. The summed E-state index contributed by atoms with van der Waals surface area (Å²) >= 11 is 0. The molecule has 0 fully saturated rings. The maximum Gasteiger partial charge on any atom is 0.138 e. The van der Waals surface area contributed by atoms with Crippen molar-refractivity contribution in [2.75, 3.05) is 19.4 Å². The predicted molar refractivity (Wildman–Crippen MR) is 104 cm³/mol. The summed E-state index contributed by atoms with van der Waals surface area (Å²) in [6, 6.07) is 9.64. The molecule has 2 heterocycles. The first kappa shape index (κ1) is 16.1. The Labute approximate surface area is 151 Å². The van der Waals surface area contributed by atoms with E-state index in [1.165, 1.54) is 6.21 Å². The quantitative estimate of drug-likeness (QED) is 0.487. The molecule has 0 saturated heterocycles. The standard InChI is InChI=1S/C19H20N6O/c1-26-18-4-3-12(7-14(18)11-25-6-2-5-22-25)19-23-16-8-13(10-20)15(21)9-17(16)24-19/h3-5,7-10,20H,2,6,11,21H2,1H3,(H,23,24). The molecule has 0 radical (unpaired) electrons. The number of nitrogens with two attached hydrogens (primary N) is 1. The maximum atomic E-state index is 7.44. The highest BCUT2D eigenvalue weighted by atomic mass is 16.5. The lowest BCUT2D eigenvalue weighted by Gasteiger charge is -2.16. The van der Waals surface area contributed by atoms with Gasteiger partial charge in [0.2, 0.25) is 0 Å². The fraction of sp³-hybridized carbons (Fsp3) is 0.211. The number of hydrazone groups is 1. The third-order valence-corrected chi connectivity index (χ3v) is 4.51. The van der Waals surface area contributed by atoms with Crippen LogP contribution in [0.25, 0.3) is 22.4 Å². The van der Waals surface area contributed by atoms with E-state index in [-0.39, 0.29) is 0 Å². The molecule has 7 heteroatoms. The minimum atomic E-state index is 0.549. The van der Waals surface area contributed by atoms with Crippen LogP contribution in [0, 0.1) is 5.41 Å². The van der Waals surface area contributed by atoms with E-state index in [1.807, 2.05) is 29.4 Å². The molecule has 4 N–H and O–H groups in total. The van der Waals surface area contributed by atoms with E-state index >= 15 is 0 Å². The van der Waals surface area contributed by atoms with Gasteiger partial charge in [0, 0.05) is 47.8 Å². The Balaban J connectivity index is 1.73. The topological polar surface area (TPSA) is 103 Å². The molecule has 0 amide bonds. The van der Waals surface area contributed by atoms with E-state index in [0.29, 0.717) is 17.8 Å². The Morgan fingerprint density at radius 2 is 2.23 bits per heavy atom. The SMILES string of the molecule is COc1ccc(-c2nc3cc(N)c(C=N)cc3[nH]2)cc1CN1CCC=N1. The zero-order chi connectivity index (χ0) is 18.1. The minimum Gasteiger partial charge on any atom is -0.496 e. The molecule has 1 aliphatic rings. The Hall–Kier alpha value is -3.35. The lowest BCUT2D eigenvalue weighted by atomic mass is 10.1. The number of H-pyrrole nitrogens is 1. The number of nitrogens with one attached hydrogen (secondary N) is 2. The molecular formula is C19H20N6O. The van der Waals surface area contributed by atoms with Gasteiger partial charge in [0.05, 0.1) is 24.7 Å². The maximum absolute atomic E-state index is 7.44. The van der Waals surface area contributed by atoms with Crippen LogP contribution in [0.4, 0.5) is 5.69 Å². The first-order valence-corrected chi connectivity index (χ1v) is 8.42. The van der Waals surface area contributed by atoms with Crippen molar-refractivity contribution in [3.05, 3.63) is 41.5 Å². The summed E-state index contributed by atoms with van der Waals surface area (Å²) < 4.78 is 5.50. The van der Waals surface area contributed by atoms with Crippen molar-refractivity contribution in [1.29, 1.82) is 5.41 Å². The molecule has 0 saturated carbocycles. The molecule has 26 heavy (non-hydrogen) atoms. The Morgan fingerprint density at radius 1 is 1.35 bits per heavy atom. The van der Waals surface area contributed by atoms with Crippen LogP contribution in [0.2, 0.25) is 0 Å². The zero-order valence-corrected chi connectivity index (χ0v) is 14.5. The van der Waals surface area contributed by atoms with Gasteiger partial charge in [0.1, 0.15) is 11.6 Å². The van der Waals surface area contributed by atoms with Gasteiger partial charge in [-0.2, -0.15) is 5.10 Å². The normalized spacial score (nSPS) is 13.5. The number of anilines is 1. The number of nitrogen functional groups attached to an aromatic ring is 1. The van der Waals surface area contributed by atoms with Gasteiger partial charge in [-0.1, -0.05) is 0 Å². The number of fused-ring (bicyclic) bond motifs is 1. The second kappa shape index (κ2) is 6.51. The molecule has 7 nitrogen and oxygen atoms in total. The Bertz CT molecular complexity index is 1010. The van der Waals surface area contributed by atoms with Gasteiger partial charge < -0.3 is 20.9 Å². The van der Waals surface area contributed by atoms with Crippen molar-refractivity contribution in [1.82, 2.24) is 15.0 Å². The number of hydrogen-bond donors (Lipinski definition) is 3. The summed E-state index contributed by atoms with van der Waals surface area (Å²) in [5.74, 6) is 1.60. The number of ether oxygens (including phenoxy) is 1. The average molecular weight is 348 g/mol. The van der Waals surface area contributed by atoms with Gasteiger partial charge in [0.25, 0.3) is 0 Å². The molecule has 1 aliphatic heterocycles. The zero-order valence-electron chi connectivity index (χ0n) is 14.5. The van der Waals surface area contributed by atoms with Crippen molar-refractivity contribution in [3.8, 4) is 17.1 Å². The smallest absolute Gasteiger partial charge is 0.138 e. The number of rotatable bonds is 5. The molecule has 3 aromatic rings. The number of nitrogens with zero attached hydrogens (tertiary/aromatic N) is 3. The van der Waals surface area contributed by atoms with Crippen molar-refractivity contribution in [2.24, 2.45) is 5.10 Å². The first-order valence-electron chi connectivity index (χ1n) is 8.42. The number of benzene rings is 2. The summed E-state index contributed by atoms with van der Waals surface area (Å²) in [7, 11) is 1.68. The van der Waals surface area contributed by atoms with Crippen molar-refractivity contribution in [3.63, 3.8) is 0 Å². The number of imidazole rings is 1. The second-order valence-electron chi connectivity index (χ2n) is 6.23. The van der Waals surface area contributed by atoms with Gasteiger partial charge in [-0.3, -0.25) is 5.01 Å². The van der Waals surface area contributed by atoms with E-state index in [9.17, 15) is 0 Å². The summed E-state index contributed by atoms with van der Waals surface area (Å²) in [5, 5.41) is 13.8. The number of methoxy groups -OCH3 is 1. The Morgan fingerprint density at radius 3 is 2.96 bits per heavy atom. The van der Waals surface area contributed by atoms with E-state index in [4.69, 9.17) is 15.9 Å². The summed E-state index contributed by atoms with van der Waals surface area (Å²) in [5.41, 5.74) is 10.8. The van der Waals surface area contributed by atoms with Gasteiger partial charge >= 0.3 is 0 Å². The molecule has 4 rings (SSSR count). The Kier molecular flexibility index (Phi) is 4.04. The minimum absolute atomic E-state index is 0.549. The largest absolute Gasteiger partial charge is 0.496 e. The molecule has 0 unspecified atom stereocenters. The lowest BCUT2D eigenvalue weighted by Crippen LogP contribution is -2.14. The monoisotopic (exact) mass is 348 g/mol. The highest BCUT2D eigenvalue weighted by Crippen LogP contribution is 2.29. The van der Waals surface area contributed by atoms with Gasteiger partial charge in [-0.15, -0.1) is 0 Å². The molecule has 0 spiro atoms. The highest BCUT2D eigenvalue weighted by molar-refractivity contribution is 5.93. The highest BCUT2D eigenvalue weighted by Gasteiger charge is 2.14.